The van der Waals surface area contributed by atoms with E-state index < -0.39 is 4.92 Å². The summed E-state index contributed by atoms with van der Waals surface area (Å²) >= 11 is 3.22. The fraction of sp³-hybridized carbons (Fsp3) is 0.250. The Balaban J connectivity index is 2.75. The Morgan fingerprint density at radius 2 is 2.54 bits per heavy atom. The molecule has 0 aliphatic rings. The zero-order valence-corrected chi connectivity index (χ0v) is 8.73. The number of nitro groups is 1. The standard InChI is InChI=1S/C8H9NO2S2/c1-2-12-8-4-6-13-7(8)3-5-9(10)11/h3-6H,2H2,1H3. The minimum Gasteiger partial charge on any atom is -0.259 e. The van der Waals surface area contributed by atoms with Crippen molar-refractivity contribution in [3.05, 3.63) is 32.6 Å². The van der Waals surface area contributed by atoms with Gasteiger partial charge in [-0.15, -0.1) is 23.1 Å². The molecule has 0 radical (unpaired) electrons. The smallest absolute Gasteiger partial charge is 0.235 e. The summed E-state index contributed by atoms with van der Waals surface area (Å²) in [6, 6.07) is 1.98. The highest BCUT2D eigenvalue weighted by Gasteiger charge is 2.01. The number of nitrogens with zero attached hydrogens (tertiary/aromatic N) is 1. The highest BCUT2D eigenvalue weighted by atomic mass is 32.2. The van der Waals surface area contributed by atoms with Crippen LogP contribution in [-0.2, 0) is 0 Å². The summed E-state index contributed by atoms with van der Waals surface area (Å²) in [4.78, 5) is 11.7. The Morgan fingerprint density at radius 1 is 1.77 bits per heavy atom. The van der Waals surface area contributed by atoms with Crippen LogP contribution in [0, 0.1) is 10.1 Å². The molecule has 0 N–H and O–H groups in total. The normalized spacial score (nSPS) is 10.8. The molecule has 0 bridgehead atoms. The van der Waals surface area contributed by atoms with Crippen molar-refractivity contribution in [2.75, 3.05) is 5.75 Å². The van der Waals surface area contributed by atoms with Gasteiger partial charge in [0.05, 0.1) is 4.92 Å². The molecule has 3 nitrogen and oxygen atoms in total. The van der Waals surface area contributed by atoms with Gasteiger partial charge in [-0.2, -0.15) is 0 Å². The van der Waals surface area contributed by atoms with Gasteiger partial charge < -0.3 is 0 Å². The summed E-state index contributed by atoms with van der Waals surface area (Å²) in [5.41, 5.74) is 0. The van der Waals surface area contributed by atoms with Crippen molar-refractivity contribution in [2.24, 2.45) is 0 Å². The van der Waals surface area contributed by atoms with Gasteiger partial charge in [-0.25, -0.2) is 0 Å². The van der Waals surface area contributed by atoms with Gasteiger partial charge in [0.2, 0.25) is 6.20 Å². The SMILES string of the molecule is CCSc1ccsc1C=C[N+](=O)[O-]. The second kappa shape index (κ2) is 5.04. The third-order valence-corrected chi connectivity index (χ3v) is 3.27. The average molecular weight is 215 g/mol. The summed E-state index contributed by atoms with van der Waals surface area (Å²) in [7, 11) is 0. The summed E-state index contributed by atoms with van der Waals surface area (Å²) in [5, 5.41) is 12.0. The fourth-order valence-electron chi connectivity index (χ4n) is 0.834. The van der Waals surface area contributed by atoms with E-state index in [2.05, 4.69) is 6.92 Å². The van der Waals surface area contributed by atoms with Crippen molar-refractivity contribution in [3.8, 4) is 0 Å². The highest BCUT2D eigenvalue weighted by Crippen LogP contribution is 2.28. The van der Waals surface area contributed by atoms with Gasteiger partial charge in [-0.3, -0.25) is 10.1 Å². The molecule has 1 aromatic rings. The molecule has 0 saturated heterocycles. The maximum Gasteiger partial charge on any atom is 0.235 e. The summed E-state index contributed by atoms with van der Waals surface area (Å²) < 4.78 is 0. The van der Waals surface area contributed by atoms with Crippen molar-refractivity contribution < 1.29 is 4.92 Å². The molecule has 1 rings (SSSR count). The van der Waals surface area contributed by atoms with Crippen molar-refractivity contribution >= 4 is 29.2 Å². The van der Waals surface area contributed by atoms with E-state index in [9.17, 15) is 10.1 Å². The van der Waals surface area contributed by atoms with E-state index in [1.807, 2.05) is 11.4 Å². The van der Waals surface area contributed by atoms with Crippen LogP contribution >= 0.6 is 23.1 Å². The third-order valence-electron chi connectivity index (χ3n) is 1.30. The predicted molar refractivity (Wildman–Crippen MR) is 56.7 cm³/mol. The molecule has 13 heavy (non-hydrogen) atoms. The molecule has 0 atom stereocenters. The molecular weight excluding hydrogens is 206 g/mol. The first-order valence-corrected chi connectivity index (χ1v) is 5.62. The lowest BCUT2D eigenvalue weighted by atomic mass is 10.4. The van der Waals surface area contributed by atoms with Crippen molar-refractivity contribution in [1.82, 2.24) is 0 Å². The number of thioether (sulfide) groups is 1. The average Bonchev–Trinajstić information content (AvgIpc) is 2.49. The first-order valence-electron chi connectivity index (χ1n) is 3.76. The number of hydrogen-bond acceptors (Lipinski definition) is 4. The van der Waals surface area contributed by atoms with Crippen LogP contribution in [0.5, 0.6) is 0 Å². The molecule has 0 unspecified atom stereocenters. The Labute approximate surface area is 84.6 Å². The van der Waals surface area contributed by atoms with E-state index in [0.717, 1.165) is 21.7 Å². The van der Waals surface area contributed by atoms with Crippen molar-refractivity contribution in [2.45, 2.75) is 11.8 Å². The van der Waals surface area contributed by atoms with Crippen LogP contribution in [0.1, 0.15) is 11.8 Å². The Bertz CT molecular complexity index is 320. The summed E-state index contributed by atoms with van der Waals surface area (Å²) in [5.74, 6) is 0.982. The Hall–Kier alpha value is -0.810. The van der Waals surface area contributed by atoms with E-state index in [1.54, 1.807) is 17.8 Å². The molecule has 0 aromatic carbocycles. The predicted octanol–water partition coefficient (Wildman–Crippen LogP) is 3.11. The molecule has 0 aliphatic heterocycles. The monoisotopic (exact) mass is 215 g/mol. The van der Waals surface area contributed by atoms with Crippen LogP contribution < -0.4 is 0 Å². The van der Waals surface area contributed by atoms with Gasteiger partial charge >= 0.3 is 0 Å². The van der Waals surface area contributed by atoms with Gasteiger partial charge in [-0.1, -0.05) is 6.92 Å². The lowest BCUT2D eigenvalue weighted by molar-refractivity contribution is -0.400. The van der Waals surface area contributed by atoms with Crippen LogP contribution in [0.15, 0.2) is 22.5 Å². The second-order valence-electron chi connectivity index (χ2n) is 2.18. The van der Waals surface area contributed by atoms with Gasteiger partial charge in [0.1, 0.15) is 0 Å². The van der Waals surface area contributed by atoms with Crippen LogP contribution in [0.2, 0.25) is 0 Å². The highest BCUT2D eigenvalue weighted by molar-refractivity contribution is 7.99. The van der Waals surface area contributed by atoms with Crippen LogP contribution in [0.4, 0.5) is 0 Å². The number of thiophene rings is 1. The molecule has 0 aliphatic carbocycles. The molecule has 70 valence electrons. The second-order valence-corrected chi connectivity index (χ2v) is 4.44. The van der Waals surface area contributed by atoms with Gasteiger partial charge in [-0.05, 0) is 17.2 Å². The zero-order valence-electron chi connectivity index (χ0n) is 7.10. The maximum atomic E-state index is 10.1. The maximum absolute atomic E-state index is 10.1. The minimum atomic E-state index is -0.444. The quantitative estimate of drug-likeness (QED) is 0.440. The molecular formula is C8H9NO2S2. The van der Waals surface area contributed by atoms with E-state index in [1.165, 1.54) is 11.3 Å². The summed E-state index contributed by atoms with van der Waals surface area (Å²) in [6.07, 6.45) is 2.52. The first kappa shape index (κ1) is 10.3. The molecule has 0 spiro atoms. The van der Waals surface area contributed by atoms with Crippen molar-refractivity contribution in [1.29, 1.82) is 0 Å². The van der Waals surface area contributed by atoms with E-state index in [-0.39, 0.29) is 0 Å². The first-order chi connectivity index (χ1) is 6.24. The minimum absolute atomic E-state index is 0.444. The van der Waals surface area contributed by atoms with Gasteiger partial charge in [0, 0.05) is 15.8 Å². The molecule has 1 heterocycles. The topological polar surface area (TPSA) is 43.1 Å². The lowest BCUT2D eigenvalue weighted by Crippen LogP contribution is -1.81. The third kappa shape index (κ3) is 3.20. The number of rotatable bonds is 4. The zero-order chi connectivity index (χ0) is 9.68. The van der Waals surface area contributed by atoms with E-state index >= 15 is 0 Å². The summed E-state index contributed by atoms with van der Waals surface area (Å²) in [6.45, 7) is 2.06. The van der Waals surface area contributed by atoms with Crippen LogP contribution in [0.25, 0.3) is 6.08 Å². The lowest BCUT2D eigenvalue weighted by Gasteiger charge is -1.93. The van der Waals surface area contributed by atoms with Gasteiger partial charge in [0.25, 0.3) is 0 Å². The molecule has 0 saturated carbocycles. The molecule has 5 heteroatoms. The van der Waals surface area contributed by atoms with Crippen LogP contribution in [-0.4, -0.2) is 10.7 Å². The Kier molecular flexibility index (Phi) is 3.98. The molecule has 1 aromatic heterocycles. The van der Waals surface area contributed by atoms with Gasteiger partial charge in [0.15, 0.2) is 0 Å². The number of hydrogen-bond donors (Lipinski definition) is 0. The largest absolute Gasteiger partial charge is 0.259 e. The Morgan fingerprint density at radius 3 is 3.15 bits per heavy atom. The molecule has 0 fully saturated rings. The van der Waals surface area contributed by atoms with Crippen molar-refractivity contribution in [3.63, 3.8) is 0 Å². The van der Waals surface area contributed by atoms with E-state index in [4.69, 9.17) is 0 Å². The molecule has 0 amide bonds. The van der Waals surface area contributed by atoms with Crippen LogP contribution in [0.3, 0.4) is 0 Å². The fourth-order valence-corrected chi connectivity index (χ4v) is 2.60. The van der Waals surface area contributed by atoms with E-state index in [0.29, 0.717) is 0 Å².